The Hall–Kier alpha value is -3.55. The van der Waals surface area contributed by atoms with Crippen LogP contribution in [0.15, 0.2) is 53.6 Å². The van der Waals surface area contributed by atoms with Crippen molar-refractivity contribution in [2.75, 3.05) is 5.32 Å². The zero-order valence-corrected chi connectivity index (χ0v) is 13.4. The van der Waals surface area contributed by atoms with Crippen LogP contribution in [0.4, 0.5) is 11.4 Å². The third-order valence-electron chi connectivity index (χ3n) is 3.33. The predicted octanol–water partition coefficient (Wildman–Crippen LogP) is 2.25. The molecule has 0 heterocycles. The van der Waals surface area contributed by atoms with E-state index in [9.17, 15) is 19.7 Å². The Morgan fingerprint density at radius 2 is 1.80 bits per heavy atom. The van der Waals surface area contributed by atoms with E-state index in [4.69, 9.17) is 0 Å². The zero-order chi connectivity index (χ0) is 18.2. The molecule has 128 valence electrons. The maximum absolute atomic E-state index is 11.8. The lowest BCUT2D eigenvalue weighted by Gasteiger charge is -2.04. The average Bonchev–Trinajstić information content (AvgIpc) is 2.62. The topological polar surface area (TPSA) is 114 Å². The molecule has 2 N–H and O–H groups in total. The van der Waals surface area contributed by atoms with Gasteiger partial charge in [0.15, 0.2) is 0 Å². The molecule has 0 bridgehead atoms. The molecule has 8 heteroatoms. The van der Waals surface area contributed by atoms with Crippen molar-refractivity contribution < 1.29 is 14.5 Å². The molecule has 2 amide bonds. The van der Waals surface area contributed by atoms with Crippen LogP contribution in [0.1, 0.15) is 18.1 Å². The summed E-state index contributed by atoms with van der Waals surface area (Å²) in [4.78, 5) is 33.8. The summed E-state index contributed by atoms with van der Waals surface area (Å²) in [7, 11) is 0. The Bertz CT molecular complexity index is 816. The van der Waals surface area contributed by atoms with Gasteiger partial charge in [0.25, 0.3) is 5.69 Å². The molecule has 0 aliphatic heterocycles. The molecular formula is C17H16N4O4. The van der Waals surface area contributed by atoms with Gasteiger partial charge in [0.2, 0.25) is 0 Å². The highest BCUT2D eigenvalue weighted by molar-refractivity contribution is 6.39. The van der Waals surface area contributed by atoms with Gasteiger partial charge in [0, 0.05) is 11.8 Å². The molecule has 2 aromatic carbocycles. The van der Waals surface area contributed by atoms with E-state index in [0.29, 0.717) is 5.69 Å². The Labute approximate surface area is 143 Å². The number of benzene rings is 2. The van der Waals surface area contributed by atoms with E-state index < -0.39 is 16.7 Å². The predicted molar refractivity (Wildman–Crippen MR) is 93.3 cm³/mol. The van der Waals surface area contributed by atoms with Crippen molar-refractivity contribution in [2.24, 2.45) is 5.10 Å². The molecule has 2 aromatic rings. The second-order valence-electron chi connectivity index (χ2n) is 5.02. The van der Waals surface area contributed by atoms with E-state index in [1.165, 1.54) is 18.2 Å². The number of anilines is 1. The lowest BCUT2D eigenvalue weighted by Crippen LogP contribution is -2.32. The number of hydrazone groups is 1. The van der Waals surface area contributed by atoms with E-state index in [1.807, 2.05) is 24.5 Å². The van der Waals surface area contributed by atoms with Crippen LogP contribution in [0.25, 0.3) is 0 Å². The fourth-order valence-electron chi connectivity index (χ4n) is 1.99. The molecule has 0 fully saturated rings. The first-order valence-corrected chi connectivity index (χ1v) is 7.48. The van der Waals surface area contributed by atoms with E-state index in [0.717, 1.165) is 18.2 Å². The summed E-state index contributed by atoms with van der Waals surface area (Å²) in [6.45, 7) is 2.01. The Morgan fingerprint density at radius 1 is 1.12 bits per heavy atom. The van der Waals surface area contributed by atoms with Crippen LogP contribution >= 0.6 is 0 Å². The molecule has 0 aliphatic carbocycles. The first-order valence-electron chi connectivity index (χ1n) is 7.48. The van der Waals surface area contributed by atoms with Crippen molar-refractivity contribution in [3.8, 4) is 0 Å². The summed E-state index contributed by atoms with van der Waals surface area (Å²) >= 11 is 0. The molecular weight excluding hydrogens is 324 g/mol. The van der Waals surface area contributed by atoms with Crippen LogP contribution < -0.4 is 10.7 Å². The third-order valence-corrected chi connectivity index (χ3v) is 3.33. The Kier molecular flexibility index (Phi) is 5.94. The first-order chi connectivity index (χ1) is 12.0. The number of nitro benzene ring substituents is 1. The SMILES string of the molecule is CCc1ccc(NC(=O)C(=O)N/N=C\c2ccccc2[N+](=O)[O-])cc1. The highest BCUT2D eigenvalue weighted by Gasteiger charge is 2.14. The van der Waals surface area contributed by atoms with Gasteiger partial charge in [-0.25, -0.2) is 5.43 Å². The van der Waals surface area contributed by atoms with Gasteiger partial charge in [-0.2, -0.15) is 5.10 Å². The second kappa shape index (κ2) is 8.34. The van der Waals surface area contributed by atoms with Gasteiger partial charge >= 0.3 is 11.8 Å². The van der Waals surface area contributed by atoms with Crippen molar-refractivity contribution in [3.05, 3.63) is 69.8 Å². The van der Waals surface area contributed by atoms with Crippen LogP contribution in [0.5, 0.6) is 0 Å². The number of nitro groups is 1. The zero-order valence-electron chi connectivity index (χ0n) is 13.4. The Balaban J connectivity index is 1.95. The van der Waals surface area contributed by atoms with Crippen LogP contribution in [0, 0.1) is 10.1 Å². The van der Waals surface area contributed by atoms with Gasteiger partial charge in [0.05, 0.1) is 16.7 Å². The number of nitrogens with zero attached hydrogens (tertiary/aromatic N) is 2. The number of carbonyl (C=O) groups is 2. The molecule has 0 spiro atoms. The largest absolute Gasteiger partial charge is 0.329 e. The molecule has 0 aliphatic rings. The van der Waals surface area contributed by atoms with Crippen LogP contribution in [0.3, 0.4) is 0 Å². The molecule has 8 nitrogen and oxygen atoms in total. The van der Waals surface area contributed by atoms with Crippen molar-refractivity contribution in [1.82, 2.24) is 5.43 Å². The van der Waals surface area contributed by atoms with Crippen molar-refractivity contribution in [2.45, 2.75) is 13.3 Å². The molecule has 0 atom stereocenters. The summed E-state index contributed by atoms with van der Waals surface area (Å²) in [5, 5.41) is 16.9. The highest BCUT2D eigenvalue weighted by Crippen LogP contribution is 2.15. The van der Waals surface area contributed by atoms with Gasteiger partial charge in [-0.05, 0) is 30.2 Å². The number of carbonyl (C=O) groups excluding carboxylic acids is 2. The summed E-state index contributed by atoms with van der Waals surface area (Å²) in [6, 6.07) is 13.0. The van der Waals surface area contributed by atoms with E-state index in [-0.39, 0.29) is 11.3 Å². The van der Waals surface area contributed by atoms with Crippen molar-refractivity contribution >= 4 is 29.4 Å². The minimum Gasteiger partial charge on any atom is -0.318 e. The average molecular weight is 340 g/mol. The second-order valence-corrected chi connectivity index (χ2v) is 5.02. The normalized spacial score (nSPS) is 10.4. The summed E-state index contributed by atoms with van der Waals surface area (Å²) in [6.07, 6.45) is 1.98. The first kappa shape index (κ1) is 17.8. The van der Waals surface area contributed by atoms with Crippen LogP contribution in [-0.4, -0.2) is 23.0 Å². The maximum atomic E-state index is 11.8. The van der Waals surface area contributed by atoms with E-state index >= 15 is 0 Å². The molecule has 0 aromatic heterocycles. The fraction of sp³-hybridized carbons (Fsp3) is 0.118. The van der Waals surface area contributed by atoms with Crippen molar-refractivity contribution in [3.63, 3.8) is 0 Å². The summed E-state index contributed by atoms with van der Waals surface area (Å²) in [5.74, 6) is -1.86. The lowest BCUT2D eigenvalue weighted by atomic mass is 10.1. The molecule has 0 saturated carbocycles. The van der Waals surface area contributed by atoms with Gasteiger partial charge in [0.1, 0.15) is 0 Å². The third kappa shape index (κ3) is 4.96. The van der Waals surface area contributed by atoms with Gasteiger partial charge in [-0.15, -0.1) is 0 Å². The van der Waals surface area contributed by atoms with Gasteiger partial charge in [-0.1, -0.05) is 31.2 Å². The highest BCUT2D eigenvalue weighted by atomic mass is 16.6. The van der Waals surface area contributed by atoms with Crippen LogP contribution in [0.2, 0.25) is 0 Å². The minimum absolute atomic E-state index is 0.152. The fourth-order valence-corrected chi connectivity index (χ4v) is 1.99. The van der Waals surface area contributed by atoms with E-state index in [1.54, 1.807) is 18.2 Å². The van der Waals surface area contributed by atoms with E-state index in [2.05, 4.69) is 10.4 Å². The number of rotatable bonds is 5. The smallest absolute Gasteiger partial charge is 0.318 e. The number of nitrogens with one attached hydrogen (secondary N) is 2. The van der Waals surface area contributed by atoms with Crippen molar-refractivity contribution in [1.29, 1.82) is 0 Å². The summed E-state index contributed by atoms with van der Waals surface area (Å²) < 4.78 is 0. The molecule has 2 rings (SSSR count). The number of hydrogen-bond acceptors (Lipinski definition) is 5. The quantitative estimate of drug-likeness (QED) is 0.376. The van der Waals surface area contributed by atoms with Crippen LogP contribution in [-0.2, 0) is 16.0 Å². The number of amides is 2. The lowest BCUT2D eigenvalue weighted by molar-refractivity contribution is -0.385. The molecule has 0 unspecified atom stereocenters. The minimum atomic E-state index is -0.977. The number of para-hydroxylation sites is 1. The summed E-state index contributed by atoms with van der Waals surface area (Å²) in [5.41, 5.74) is 3.69. The van der Waals surface area contributed by atoms with Gasteiger partial charge < -0.3 is 5.32 Å². The maximum Gasteiger partial charge on any atom is 0.329 e. The number of aryl methyl sites for hydroxylation is 1. The monoisotopic (exact) mass is 340 g/mol. The number of hydrogen-bond donors (Lipinski definition) is 2. The van der Waals surface area contributed by atoms with Gasteiger partial charge in [-0.3, -0.25) is 19.7 Å². The molecule has 25 heavy (non-hydrogen) atoms. The molecule has 0 saturated heterocycles. The standard InChI is InChI=1S/C17H16N4O4/c1-2-12-7-9-14(10-8-12)19-16(22)17(23)20-18-11-13-5-3-4-6-15(13)21(24)25/h3-11H,2H2,1H3,(H,19,22)(H,20,23)/b18-11-. The molecule has 0 radical (unpaired) electrons. The Morgan fingerprint density at radius 3 is 2.44 bits per heavy atom.